The largest absolute Gasteiger partial charge is 0.323 e. The Morgan fingerprint density at radius 1 is 1.44 bits per heavy atom. The maximum absolute atomic E-state index is 5.99. The number of fused-ring (bicyclic) bond motifs is 1. The van der Waals surface area contributed by atoms with Crippen LogP contribution in [0.15, 0.2) is 24.3 Å². The highest BCUT2D eigenvalue weighted by Gasteiger charge is 2.22. The molecule has 1 aromatic heterocycles. The molecular formula is C12H13ClN2S. The van der Waals surface area contributed by atoms with Gasteiger partial charge in [0, 0.05) is 11.8 Å². The van der Waals surface area contributed by atoms with Crippen molar-refractivity contribution in [2.24, 2.45) is 0 Å². The first-order chi connectivity index (χ1) is 7.90. The second kappa shape index (κ2) is 4.30. The lowest BCUT2D eigenvalue weighted by molar-refractivity contribution is 0.558. The molecule has 4 heteroatoms. The maximum Gasteiger partial charge on any atom is 0.125 e. The van der Waals surface area contributed by atoms with Crippen molar-refractivity contribution in [2.45, 2.75) is 18.3 Å². The Kier molecular flexibility index (Phi) is 2.82. The van der Waals surface area contributed by atoms with Gasteiger partial charge in [-0.05, 0) is 24.3 Å². The third-order valence-corrected chi connectivity index (χ3v) is 4.44. The average Bonchev–Trinajstić information content (AvgIpc) is 2.94. The second-order valence-corrected chi connectivity index (χ2v) is 5.45. The minimum atomic E-state index is 0.496. The molecule has 0 saturated carbocycles. The predicted octanol–water partition coefficient (Wildman–Crippen LogP) is 3.45. The summed E-state index contributed by atoms with van der Waals surface area (Å²) in [5.74, 6) is 3.94. The lowest BCUT2D eigenvalue weighted by Gasteiger charge is -2.14. The van der Waals surface area contributed by atoms with Crippen LogP contribution in [0.3, 0.4) is 0 Å². The first kappa shape index (κ1) is 10.5. The highest BCUT2D eigenvalue weighted by Crippen LogP contribution is 2.32. The molecule has 0 spiro atoms. The van der Waals surface area contributed by atoms with Crippen molar-refractivity contribution >= 4 is 34.4 Å². The number of rotatable bonds is 2. The molecule has 1 aliphatic heterocycles. The molecule has 1 aromatic carbocycles. The summed E-state index contributed by atoms with van der Waals surface area (Å²) in [4.78, 5) is 4.60. The van der Waals surface area contributed by atoms with Gasteiger partial charge in [0.25, 0.3) is 0 Å². The number of alkyl halides is 1. The van der Waals surface area contributed by atoms with Crippen molar-refractivity contribution in [3.05, 3.63) is 30.1 Å². The van der Waals surface area contributed by atoms with E-state index in [4.69, 9.17) is 11.6 Å². The van der Waals surface area contributed by atoms with Crippen molar-refractivity contribution in [3.63, 3.8) is 0 Å². The summed E-state index contributed by atoms with van der Waals surface area (Å²) in [7, 11) is 0. The van der Waals surface area contributed by atoms with Gasteiger partial charge in [-0.2, -0.15) is 11.8 Å². The van der Waals surface area contributed by atoms with E-state index in [9.17, 15) is 0 Å². The Morgan fingerprint density at radius 3 is 3.06 bits per heavy atom. The molecule has 1 saturated heterocycles. The smallest absolute Gasteiger partial charge is 0.125 e. The number of aromatic nitrogens is 2. The summed E-state index contributed by atoms with van der Waals surface area (Å²) in [6.45, 7) is 0. The summed E-state index contributed by atoms with van der Waals surface area (Å²) in [6, 6.07) is 8.87. The summed E-state index contributed by atoms with van der Waals surface area (Å²) in [6.07, 6.45) is 1.23. The van der Waals surface area contributed by atoms with Crippen molar-refractivity contribution < 1.29 is 0 Å². The van der Waals surface area contributed by atoms with Crippen LogP contribution in [0.4, 0.5) is 0 Å². The first-order valence-corrected chi connectivity index (χ1v) is 7.18. The quantitative estimate of drug-likeness (QED) is 0.762. The number of thioether (sulfide) groups is 1. The zero-order valence-electron chi connectivity index (χ0n) is 8.90. The molecule has 0 aliphatic carbocycles. The van der Waals surface area contributed by atoms with Gasteiger partial charge >= 0.3 is 0 Å². The average molecular weight is 253 g/mol. The van der Waals surface area contributed by atoms with Gasteiger partial charge in [0.05, 0.1) is 16.9 Å². The molecule has 84 valence electrons. The van der Waals surface area contributed by atoms with Crippen LogP contribution in [0.5, 0.6) is 0 Å². The summed E-state index contributed by atoms with van der Waals surface area (Å²) >= 11 is 8.01. The SMILES string of the molecule is ClCc1nc2ccccc2n1C1CCSC1. The van der Waals surface area contributed by atoms with Gasteiger partial charge in [-0.3, -0.25) is 0 Å². The van der Waals surface area contributed by atoms with Gasteiger partial charge in [0.1, 0.15) is 5.82 Å². The third-order valence-electron chi connectivity index (χ3n) is 3.06. The molecule has 1 unspecified atom stereocenters. The van der Waals surface area contributed by atoms with Crippen LogP contribution in [0.1, 0.15) is 18.3 Å². The van der Waals surface area contributed by atoms with Gasteiger partial charge < -0.3 is 4.57 Å². The molecular weight excluding hydrogens is 240 g/mol. The molecule has 2 heterocycles. The van der Waals surface area contributed by atoms with Crippen LogP contribution in [0, 0.1) is 0 Å². The molecule has 1 fully saturated rings. The molecule has 2 nitrogen and oxygen atoms in total. The third kappa shape index (κ3) is 1.62. The number of para-hydroxylation sites is 2. The molecule has 1 atom stereocenters. The van der Waals surface area contributed by atoms with E-state index in [0.717, 1.165) is 11.3 Å². The minimum Gasteiger partial charge on any atom is -0.323 e. The number of nitrogens with zero attached hydrogens (tertiary/aromatic N) is 2. The molecule has 2 aromatic rings. The minimum absolute atomic E-state index is 0.496. The number of hydrogen-bond donors (Lipinski definition) is 0. The fourth-order valence-electron chi connectivity index (χ4n) is 2.32. The van der Waals surface area contributed by atoms with Crippen LogP contribution >= 0.6 is 23.4 Å². The number of benzene rings is 1. The van der Waals surface area contributed by atoms with E-state index in [-0.39, 0.29) is 0 Å². The predicted molar refractivity (Wildman–Crippen MR) is 70.3 cm³/mol. The van der Waals surface area contributed by atoms with Crippen molar-refractivity contribution in [2.75, 3.05) is 11.5 Å². The second-order valence-electron chi connectivity index (χ2n) is 4.04. The van der Waals surface area contributed by atoms with E-state index >= 15 is 0 Å². The lowest BCUT2D eigenvalue weighted by atomic mass is 10.2. The van der Waals surface area contributed by atoms with E-state index in [1.165, 1.54) is 23.4 Å². The summed E-state index contributed by atoms with van der Waals surface area (Å²) < 4.78 is 2.34. The summed E-state index contributed by atoms with van der Waals surface area (Å²) in [5.41, 5.74) is 2.29. The fourth-order valence-corrected chi connectivity index (χ4v) is 3.70. The van der Waals surface area contributed by atoms with Crippen LogP contribution < -0.4 is 0 Å². The molecule has 0 bridgehead atoms. The molecule has 16 heavy (non-hydrogen) atoms. The molecule has 1 aliphatic rings. The van der Waals surface area contributed by atoms with Crippen LogP contribution in [-0.4, -0.2) is 21.1 Å². The Balaban J connectivity index is 2.18. The highest BCUT2D eigenvalue weighted by molar-refractivity contribution is 7.99. The van der Waals surface area contributed by atoms with Crippen LogP contribution in [0.25, 0.3) is 11.0 Å². The van der Waals surface area contributed by atoms with Gasteiger partial charge in [-0.1, -0.05) is 12.1 Å². The number of imidazole rings is 1. The summed E-state index contributed by atoms with van der Waals surface area (Å²) in [5, 5.41) is 0. The molecule has 0 radical (unpaired) electrons. The normalized spacial score (nSPS) is 20.7. The van der Waals surface area contributed by atoms with Crippen LogP contribution in [-0.2, 0) is 5.88 Å². The first-order valence-electron chi connectivity index (χ1n) is 5.49. The topological polar surface area (TPSA) is 17.8 Å². The number of hydrogen-bond acceptors (Lipinski definition) is 2. The highest BCUT2D eigenvalue weighted by atomic mass is 35.5. The van der Waals surface area contributed by atoms with Crippen LogP contribution in [0.2, 0.25) is 0 Å². The van der Waals surface area contributed by atoms with E-state index in [2.05, 4.69) is 27.8 Å². The van der Waals surface area contributed by atoms with Crippen molar-refractivity contribution in [1.82, 2.24) is 9.55 Å². The standard InChI is InChI=1S/C12H13ClN2S/c13-7-12-14-10-3-1-2-4-11(10)15(12)9-5-6-16-8-9/h1-4,9H,5-8H2. The lowest BCUT2D eigenvalue weighted by Crippen LogP contribution is -2.10. The fraction of sp³-hybridized carbons (Fsp3) is 0.417. The van der Waals surface area contributed by atoms with Gasteiger partial charge in [0.2, 0.25) is 0 Å². The Bertz CT molecular complexity index is 503. The van der Waals surface area contributed by atoms with E-state index in [1.54, 1.807) is 0 Å². The monoisotopic (exact) mass is 252 g/mol. The van der Waals surface area contributed by atoms with Gasteiger partial charge in [-0.15, -0.1) is 11.6 Å². The molecule has 0 amide bonds. The Labute approximate surface area is 104 Å². The number of halogens is 1. The van der Waals surface area contributed by atoms with Gasteiger partial charge in [-0.25, -0.2) is 4.98 Å². The van der Waals surface area contributed by atoms with Crippen molar-refractivity contribution in [1.29, 1.82) is 0 Å². The van der Waals surface area contributed by atoms with Gasteiger partial charge in [0.15, 0.2) is 0 Å². The van der Waals surface area contributed by atoms with E-state index < -0.39 is 0 Å². The Morgan fingerprint density at radius 2 is 2.31 bits per heavy atom. The van der Waals surface area contributed by atoms with E-state index in [0.29, 0.717) is 11.9 Å². The maximum atomic E-state index is 5.99. The Hall–Kier alpha value is -0.670. The zero-order valence-corrected chi connectivity index (χ0v) is 10.5. The van der Waals surface area contributed by atoms with Crippen molar-refractivity contribution in [3.8, 4) is 0 Å². The molecule has 3 rings (SSSR count). The molecule has 0 N–H and O–H groups in total. The zero-order chi connectivity index (χ0) is 11.0. The van der Waals surface area contributed by atoms with E-state index in [1.807, 2.05) is 17.8 Å².